The highest BCUT2D eigenvalue weighted by Gasteiger charge is 2.42. The van der Waals surface area contributed by atoms with Gasteiger partial charge in [-0.3, -0.25) is 4.90 Å². The van der Waals surface area contributed by atoms with Crippen LogP contribution in [0.1, 0.15) is 43.6 Å². The maximum atomic E-state index is 9.10. The summed E-state index contributed by atoms with van der Waals surface area (Å²) < 4.78 is 5.65. The van der Waals surface area contributed by atoms with Crippen molar-refractivity contribution in [1.29, 1.82) is 0 Å². The van der Waals surface area contributed by atoms with Gasteiger partial charge in [-0.2, -0.15) is 0 Å². The molecule has 1 atom stereocenters. The highest BCUT2D eigenvalue weighted by atomic mass is 16.4. The summed E-state index contributed by atoms with van der Waals surface area (Å²) in [6, 6.07) is 3.90. The van der Waals surface area contributed by atoms with Gasteiger partial charge in [0.05, 0.1) is 6.54 Å². The van der Waals surface area contributed by atoms with Crippen molar-refractivity contribution in [3.05, 3.63) is 23.7 Å². The van der Waals surface area contributed by atoms with Crippen LogP contribution in [-0.4, -0.2) is 47.6 Å². The highest BCUT2D eigenvalue weighted by molar-refractivity contribution is 5.07. The van der Waals surface area contributed by atoms with Crippen molar-refractivity contribution in [2.75, 3.05) is 32.7 Å². The van der Waals surface area contributed by atoms with Crippen LogP contribution in [0.25, 0.3) is 0 Å². The monoisotopic (exact) mass is 304 g/mol. The van der Waals surface area contributed by atoms with Crippen molar-refractivity contribution < 1.29 is 9.52 Å². The first-order valence-electron chi connectivity index (χ1n) is 8.88. The Kier molecular flexibility index (Phi) is 4.01. The van der Waals surface area contributed by atoms with Gasteiger partial charge in [0.15, 0.2) is 0 Å². The summed E-state index contributed by atoms with van der Waals surface area (Å²) in [5.74, 6) is 2.68. The van der Waals surface area contributed by atoms with E-state index in [1.807, 2.05) is 12.1 Å². The van der Waals surface area contributed by atoms with Crippen molar-refractivity contribution in [3.63, 3.8) is 0 Å². The first-order chi connectivity index (χ1) is 10.7. The Morgan fingerprint density at radius 3 is 2.68 bits per heavy atom. The van der Waals surface area contributed by atoms with Crippen LogP contribution in [0, 0.1) is 11.3 Å². The summed E-state index contributed by atoms with van der Waals surface area (Å²) >= 11 is 0. The summed E-state index contributed by atoms with van der Waals surface area (Å²) in [6.45, 7) is 7.26. The molecule has 1 saturated carbocycles. The van der Waals surface area contributed by atoms with Gasteiger partial charge in [0.2, 0.25) is 0 Å². The van der Waals surface area contributed by atoms with Gasteiger partial charge in [0, 0.05) is 19.6 Å². The minimum absolute atomic E-state index is 0.0000637. The number of rotatable bonds is 5. The number of hydrogen-bond acceptors (Lipinski definition) is 4. The third-order valence-corrected chi connectivity index (χ3v) is 5.72. The molecule has 122 valence electrons. The lowest BCUT2D eigenvalue weighted by molar-refractivity contribution is 0.0874. The maximum Gasteiger partial charge on any atom is 0.129 e. The number of likely N-dealkylation sites (tertiary alicyclic amines) is 2. The van der Waals surface area contributed by atoms with E-state index in [2.05, 4.69) is 9.80 Å². The van der Waals surface area contributed by atoms with Gasteiger partial charge in [-0.05, 0) is 68.7 Å². The second-order valence-corrected chi connectivity index (χ2v) is 7.77. The molecule has 1 spiro atoms. The standard InChI is InChI=1S/C18H28N2O2/c21-12-17-5-4-16(22-17)11-20-9-7-18(14-20)6-1-8-19(13-18)10-15-2-3-15/h4-5,15,21H,1-3,6-14H2/t18-/m1/s1. The fraction of sp³-hybridized carbons (Fsp3) is 0.778. The zero-order valence-electron chi connectivity index (χ0n) is 13.5. The zero-order valence-corrected chi connectivity index (χ0v) is 13.5. The van der Waals surface area contributed by atoms with Gasteiger partial charge < -0.3 is 14.4 Å². The lowest BCUT2D eigenvalue weighted by Gasteiger charge is -2.40. The number of furan rings is 1. The molecule has 4 rings (SSSR count). The van der Waals surface area contributed by atoms with E-state index in [1.165, 1.54) is 64.8 Å². The Hall–Kier alpha value is -0.840. The van der Waals surface area contributed by atoms with Crippen LogP contribution < -0.4 is 0 Å². The largest absolute Gasteiger partial charge is 0.462 e. The summed E-state index contributed by atoms with van der Waals surface area (Å²) in [6.07, 6.45) is 7.02. The minimum atomic E-state index is 0.0000637. The molecule has 4 heteroatoms. The van der Waals surface area contributed by atoms with Gasteiger partial charge in [0.25, 0.3) is 0 Å². The molecule has 1 aliphatic carbocycles. The fourth-order valence-electron chi connectivity index (χ4n) is 4.44. The summed E-state index contributed by atoms with van der Waals surface area (Å²) in [5.41, 5.74) is 0.527. The van der Waals surface area contributed by atoms with Crippen molar-refractivity contribution >= 4 is 0 Å². The Labute approximate surface area is 133 Å². The van der Waals surface area contributed by atoms with Crippen LogP contribution in [0.4, 0.5) is 0 Å². The third-order valence-electron chi connectivity index (χ3n) is 5.72. The lowest BCUT2D eigenvalue weighted by Crippen LogP contribution is -2.45. The van der Waals surface area contributed by atoms with E-state index in [1.54, 1.807) is 0 Å². The average Bonchev–Trinajstić information content (AvgIpc) is 3.08. The highest BCUT2D eigenvalue weighted by Crippen LogP contribution is 2.41. The predicted molar refractivity (Wildman–Crippen MR) is 85.4 cm³/mol. The molecule has 3 fully saturated rings. The summed E-state index contributed by atoms with van der Waals surface area (Å²) in [5, 5.41) is 9.10. The maximum absolute atomic E-state index is 9.10. The Balaban J connectivity index is 1.34. The normalized spacial score (nSPS) is 30.4. The first kappa shape index (κ1) is 14.7. The van der Waals surface area contributed by atoms with E-state index < -0.39 is 0 Å². The second-order valence-electron chi connectivity index (χ2n) is 7.77. The van der Waals surface area contributed by atoms with E-state index in [9.17, 15) is 0 Å². The molecule has 2 saturated heterocycles. The molecule has 2 aliphatic heterocycles. The lowest BCUT2D eigenvalue weighted by atomic mass is 9.79. The van der Waals surface area contributed by atoms with Crippen LogP contribution >= 0.6 is 0 Å². The molecule has 0 radical (unpaired) electrons. The van der Waals surface area contributed by atoms with Gasteiger partial charge in [-0.1, -0.05) is 0 Å². The number of hydrogen-bond donors (Lipinski definition) is 1. The van der Waals surface area contributed by atoms with E-state index >= 15 is 0 Å². The molecule has 0 bridgehead atoms. The van der Waals surface area contributed by atoms with Crippen LogP contribution in [0.5, 0.6) is 0 Å². The molecule has 0 amide bonds. The number of nitrogens with zero attached hydrogens (tertiary/aromatic N) is 2. The minimum Gasteiger partial charge on any atom is -0.462 e. The van der Waals surface area contributed by atoms with E-state index in [0.717, 1.165) is 18.2 Å². The smallest absolute Gasteiger partial charge is 0.129 e. The van der Waals surface area contributed by atoms with Crippen molar-refractivity contribution in [2.24, 2.45) is 11.3 Å². The fourth-order valence-corrected chi connectivity index (χ4v) is 4.44. The Morgan fingerprint density at radius 1 is 1.09 bits per heavy atom. The van der Waals surface area contributed by atoms with Crippen LogP contribution in [0.2, 0.25) is 0 Å². The quantitative estimate of drug-likeness (QED) is 0.907. The molecule has 1 aromatic rings. The van der Waals surface area contributed by atoms with E-state index in [-0.39, 0.29) is 6.61 Å². The first-order valence-corrected chi connectivity index (χ1v) is 8.88. The average molecular weight is 304 g/mol. The van der Waals surface area contributed by atoms with Crippen molar-refractivity contribution in [3.8, 4) is 0 Å². The summed E-state index contributed by atoms with van der Waals surface area (Å²) in [7, 11) is 0. The summed E-state index contributed by atoms with van der Waals surface area (Å²) in [4.78, 5) is 5.28. The molecule has 3 heterocycles. The van der Waals surface area contributed by atoms with Crippen molar-refractivity contribution in [2.45, 2.75) is 45.3 Å². The molecule has 22 heavy (non-hydrogen) atoms. The third kappa shape index (κ3) is 3.24. The molecule has 0 aromatic carbocycles. The molecule has 0 unspecified atom stereocenters. The van der Waals surface area contributed by atoms with Gasteiger partial charge in [-0.15, -0.1) is 0 Å². The predicted octanol–water partition coefficient (Wildman–Crippen LogP) is 2.47. The Bertz CT molecular complexity index is 511. The molecule has 1 aromatic heterocycles. The van der Waals surface area contributed by atoms with Gasteiger partial charge in [-0.25, -0.2) is 0 Å². The molecule has 1 N–H and O–H groups in total. The molecular weight excluding hydrogens is 276 g/mol. The van der Waals surface area contributed by atoms with E-state index in [4.69, 9.17) is 9.52 Å². The second kappa shape index (κ2) is 5.99. The molecular formula is C18H28N2O2. The van der Waals surface area contributed by atoms with Crippen LogP contribution in [-0.2, 0) is 13.2 Å². The molecule has 3 aliphatic rings. The number of aliphatic hydroxyl groups excluding tert-OH is 1. The Morgan fingerprint density at radius 2 is 1.91 bits per heavy atom. The zero-order chi connectivity index (χ0) is 15.0. The van der Waals surface area contributed by atoms with Crippen molar-refractivity contribution in [1.82, 2.24) is 9.80 Å². The van der Waals surface area contributed by atoms with E-state index in [0.29, 0.717) is 11.2 Å². The van der Waals surface area contributed by atoms with Gasteiger partial charge >= 0.3 is 0 Å². The SMILES string of the molecule is OCc1ccc(CN2CC[C@@]3(CCCN(CC4CC4)C3)C2)o1. The number of aliphatic hydroxyl groups is 1. The van der Waals surface area contributed by atoms with Crippen LogP contribution in [0.3, 0.4) is 0 Å². The molecule has 4 nitrogen and oxygen atoms in total. The topological polar surface area (TPSA) is 39.9 Å². The van der Waals surface area contributed by atoms with Crippen LogP contribution in [0.15, 0.2) is 16.5 Å². The number of piperidine rings is 1. The van der Waals surface area contributed by atoms with Gasteiger partial charge in [0.1, 0.15) is 18.1 Å².